The minimum atomic E-state index is 0.165. The molecule has 0 fully saturated rings. The van der Waals surface area contributed by atoms with Crippen LogP contribution in [0.15, 0.2) is 53.4 Å². The summed E-state index contributed by atoms with van der Waals surface area (Å²) in [4.78, 5) is 3.39. The SMILES string of the molecule is COc1ccc(CN(CCO)Cc2ccccc2)cc1SC. The molecule has 0 unspecified atom stereocenters. The number of aliphatic hydroxyl groups is 1. The molecule has 0 aliphatic heterocycles. The van der Waals surface area contributed by atoms with Crippen molar-refractivity contribution in [1.82, 2.24) is 4.90 Å². The van der Waals surface area contributed by atoms with Crippen LogP contribution in [0.25, 0.3) is 0 Å². The summed E-state index contributed by atoms with van der Waals surface area (Å²) in [6, 6.07) is 16.6. The molecule has 4 heteroatoms. The van der Waals surface area contributed by atoms with Crippen LogP contribution in [0.5, 0.6) is 5.75 Å². The van der Waals surface area contributed by atoms with Gasteiger partial charge >= 0.3 is 0 Å². The molecule has 0 heterocycles. The monoisotopic (exact) mass is 317 g/mol. The highest BCUT2D eigenvalue weighted by atomic mass is 32.2. The number of rotatable bonds is 8. The van der Waals surface area contributed by atoms with E-state index >= 15 is 0 Å². The van der Waals surface area contributed by atoms with Gasteiger partial charge in [-0.2, -0.15) is 0 Å². The Morgan fingerprint density at radius 3 is 2.41 bits per heavy atom. The van der Waals surface area contributed by atoms with E-state index in [1.54, 1.807) is 18.9 Å². The largest absolute Gasteiger partial charge is 0.496 e. The molecule has 0 aliphatic rings. The van der Waals surface area contributed by atoms with Crippen molar-refractivity contribution in [2.24, 2.45) is 0 Å². The fourth-order valence-electron chi connectivity index (χ4n) is 2.43. The Morgan fingerprint density at radius 2 is 1.77 bits per heavy atom. The standard InChI is InChI=1S/C18H23NO2S/c1-21-17-9-8-16(12-18(17)22-2)14-19(10-11-20)13-15-6-4-3-5-7-15/h3-9,12,20H,10-11,13-14H2,1-2H3. The van der Waals surface area contributed by atoms with Crippen molar-refractivity contribution in [1.29, 1.82) is 0 Å². The Balaban J connectivity index is 2.10. The van der Waals surface area contributed by atoms with Gasteiger partial charge in [0.25, 0.3) is 0 Å². The molecule has 0 saturated carbocycles. The van der Waals surface area contributed by atoms with Crippen molar-refractivity contribution >= 4 is 11.8 Å². The van der Waals surface area contributed by atoms with Crippen LogP contribution in [0.3, 0.4) is 0 Å². The van der Waals surface area contributed by atoms with Crippen LogP contribution in [0.1, 0.15) is 11.1 Å². The average Bonchev–Trinajstić information content (AvgIpc) is 2.56. The number of nitrogens with zero attached hydrogens (tertiary/aromatic N) is 1. The fraction of sp³-hybridized carbons (Fsp3) is 0.333. The Labute approximate surface area is 136 Å². The number of hydrogen-bond donors (Lipinski definition) is 1. The number of methoxy groups -OCH3 is 1. The first kappa shape index (κ1) is 16.9. The number of thioether (sulfide) groups is 1. The molecule has 22 heavy (non-hydrogen) atoms. The molecule has 0 bridgehead atoms. The maximum absolute atomic E-state index is 9.31. The lowest BCUT2D eigenvalue weighted by Crippen LogP contribution is -2.26. The predicted octanol–water partition coefficient (Wildman–Crippen LogP) is 3.41. The van der Waals surface area contributed by atoms with Crippen LogP contribution < -0.4 is 4.74 Å². The third kappa shape index (κ3) is 4.77. The molecule has 2 aromatic rings. The van der Waals surface area contributed by atoms with Gasteiger partial charge in [-0.15, -0.1) is 11.8 Å². The van der Waals surface area contributed by atoms with E-state index in [1.807, 2.05) is 24.3 Å². The van der Waals surface area contributed by atoms with Gasteiger partial charge < -0.3 is 9.84 Å². The zero-order valence-electron chi connectivity index (χ0n) is 13.2. The maximum atomic E-state index is 9.31. The fourth-order valence-corrected chi connectivity index (χ4v) is 3.06. The van der Waals surface area contributed by atoms with E-state index < -0.39 is 0 Å². The Kier molecular flexibility index (Phi) is 6.77. The lowest BCUT2D eigenvalue weighted by molar-refractivity contribution is 0.184. The second kappa shape index (κ2) is 8.83. The summed E-state index contributed by atoms with van der Waals surface area (Å²) in [6.45, 7) is 2.48. The number of benzene rings is 2. The van der Waals surface area contributed by atoms with Crippen molar-refractivity contribution in [3.63, 3.8) is 0 Å². The summed E-state index contributed by atoms with van der Waals surface area (Å²) < 4.78 is 5.36. The second-order valence-electron chi connectivity index (χ2n) is 5.11. The van der Waals surface area contributed by atoms with E-state index in [2.05, 4.69) is 35.4 Å². The number of ether oxygens (including phenoxy) is 1. The summed E-state index contributed by atoms with van der Waals surface area (Å²) in [5, 5.41) is 9.31. The number of hydrogen-bond acceptors (Lipinski definition) is 4. The maximum Gasteiger partial charge on any atom is 0.132 e. The molecule has 3 nitrogen and oxygen atoms in total. The summed E-state index contributed by atoms with van der Waals surface area (Å²) in [6.07, 6.45) is 2.05. The topological polar surface area (TPSA) is 32.7 Å². The normalized spacial score (nSPS) is 10.9. The second-order valence-corrected chi connectivity index (χ2v) is 5.96. The molecule has 118 valence electrons. The molecule has 0 radical (unpaired) electrons. The van der Waals surface area contributed by atoms with Crippen LogP contribution in [0, 0.1) is 0 Å². The van der Waals surface area contributed by atoms with E-state index in [0.717, 1.165) is 23.7 Å². The first-order chi connectivity index (χ1) is 10.8. The van der Waals surface area contributed by atoms with E-state index in [9.17, 15) is 5.11 Å². The van der Waals surface area contributed by atoms with Gasteiger partial charge in [-0.05, 0) is 29.5 Å². The van der Waals surface area contributed by atoms with Gasteiger partial charge in [-0.1, -0.05) is 36.4 Å². The average molecular weight is 317 g/mol. The smallest absolute Gasteiger partial charge is 0.132 e. The molecule has 2 aromatic carbocycles. The first-order valence-electron chi connectivity index (χ1n) is 7.35. The van der Waals surface area contributed by atoms with Crippen molar-refractivity contribution < 1.29 is 9.84 Å². The van der Waals surface area contributed by atoms with Crippen molar-refractivity contribution in [3.8, 4) is 5.75 Å². The summed E-state index contributed by atoms with van der Waals surface area (Å²) in [7, 11) is 1.70. The molecule has 0 aromatic heterocycles. The van der Waals surface area contributed by atoms with E-state index in [4.69, 9.17) is 4.74 Å². The zero-order valence-corrected chi connectivity index (χ0v) is 14.0. The van der Waals surface area contributed by atoms with Crippen LogP contribution in [0.4, 0.5) is 0 Å². The van der Waals surface area contributed by atoms with E-state index in [-0.39, 0.29) is 6.61 Å². The van der Waals surface area contributed by atoms with Gasteiger partial charge in [0.15, 0.2) is 0 Å². The van der Waals surface area contributed by atoms with Crippen molar-refractivity contribution in [2.75, 3.05) is 26.5 Å². The lowest BCUT2D eigenvalue weighted by atomic mass is 10.1. The summed E-state index contributed by atoms with van der Waals surface area (Å²) in [5.41, 5.74) is 2.49. The van der Waals surface area contributed by atoms with Gasteiger partial charge in [-0.25, -0.2) is 0 Å². The van der Waals surface area contributed by atoms with Gasteiger partial charge in [0.05, 0.1) is 13.7 Å². The molecular formula is C18H23NO2S. The van der Waals surface area contributed by atoms with Gasteiger partial charge in [-0.3, -0.25) is 4.90 Å². The first-order valence-corrected chi connectivity index (χ1v) is 8.57. The quantitative estimate of drug-likeness (QED) is 0.756. The zero-order chi connectivity index (χ0) is 15.8. The minimum absolute atomic E-state index is 0.165. The summed E-state index contributed by atoms with van der Waals surface area (Å²) in [5.74, 6) is 0.910. The molecule has 2 rings (SSSR count). The van der Waals surface area contributed by atoms with Crippen LogP contribution in [0.2, 0.25) is 0 Å². The molecule has 0 atom stereocenters. The molecule has 1 N–H and O–H groups in total. The van der Waals surface area contributed by atoms with Gasteiger partial charge in [0, 0.05) is 24.5 Å². The molecule has 0 saturated heterocycles. The predicted molar refractivity (Wildman–Crippen MR) is 92.4 cm³/mol. The van der Waals surface area contributed by atoms with Crippen molar-refractivity contribution in [3.05, 3.63) is 59.7 Å². The minimum Gasteiger partial charge on any atom is -0.496 e. The third-order valence-corrected chi connectivity index (χ3v) is 4.28. The van der Waals surface area contributed by atoms with Crippen LogP contribution in [-0.4, -0.2) is 36.5 Å². The summed E-state index contributed by atoms with van der Waals surface area (Å²) >= 11 is 1.69. The van der Waals surface area contributed by atoms with Gasteiger partial charge in [0.2, 0.25) is 0 Å². The van der Waals surface area contributed by atoms with Crippen LogP contribution in [-0.2, 0) is 13.1 Å². The van der Waals surface area contributed by atoms with E-state index in [0.29, 0.717) is 6.54 Å². The van der Waals surface area contributed by atoms with Crippen molar-refractivity contribution in [2.45, 2.75) is 18.0 Å². The lowest BCUT2D eigenvalue weighted by Gasteiger charge is -2.22. The Morgan fingerprint density at radius 1 is 1.05 bits per heavy atom. The molecule has 0 aliphatic carbocycles. The molecular weight excluding hydrogens is 294 g/mol. The molecule has 0 amide bonds. The van der Waals surface area contributed by atoms with Crippen LogP contribution >= 0.6 is 11.8 Å². The molecule has 0 spiro atoms. The highest BCUT2D eigenvalue weighted by Crippen LogP contribution is 2.28. The van der Waals surface area contributed by atoms with E-state index in [1.165, 1.54) is 11.1 Å². The highest BCUT2D eigenvalue weighted by molar-refractivity contribution is 7.98. The Bertz CT molecular complexity index is 575. The Hall–Kier alpha value is -1.49. The highest BCUT2D eigenvalue weighted by Gasteiger charge is 2.09. The number of aliphatic hydroxyl groups excluding tert-OH is 1. The third-order valence-electron chi connectivity index (χ3n) is 3.52. The van der Waals surface area contributed by atoms with Gasteiger partial charge in [0.1, 0.15) is 5.75 Å².